The van der Waals surface area contributed by atoms with Gasteiger partial charge in [-0.2, -0.15) is 0 Å². The monoisotopic (exact) mass is 235 g/mol. The molecule has 2 aliphatic rings. The van der Waals surface area contributed by atoms with Gasteiger partial charge in [0.25, 0.3) is 0 Å². The van der Waals surface area contributed by atoms with Crippen LogP contribution in [0.1, 0.15) is 37.1 Å². The highest BCUT2D eigenvalue weighted by molar-refractivity contribution is 5.05. The van der Waals surface area contributed by atoms with E-state index in [1.165, 1.54) is 38.8 Å². The molecule has 4 nitrogen and oxygen atoms in total. The third-order valence-corrected chi connectivity index (χ3v) is 4.02. The Morgan fingerprint density at radius 2 is 2.41 bits per heavy atom. The van der Waals surface area contributed by atoms with Crippen molar-refractivity contribution in [3.63, 3.8) is 0 Å². The highest BCUT2D eigenvalue weighted by Crippen LogP contribution is 2.26. The lowest BCUT2D eigenvalue weighted by molar-refractivity contribution is 0.201. The molecule has 2 fully saturated rings. The topological polar surface area (TPSA) is 41.3 Å². The summed E-state index contributed by atoms with van der Waals surface area (Å²) in [4.78, 5) is 2.57. The molecule has 0 spiro atoms. The summed E-state index contributed by atoms with van der Waals surface area (Å²) in [6.45, 7) is 5.30. The normalized spacial score (nSPS) is 30.2. The molecule has 3 rings (SSSR count). The third-order valence-electron chi connectivity index (χ3n) is 4.02. The molecule has 94 valence electrons. The molecule has 1 aromatic rings. The zero-order chi connectivity index (χ0) is 11.7. The fourth-order valence-electron chi connectivity index (χ4n) is 3.24. The number of hydrogen-bond acceptors (Lipinski definition) is 4. The van der Waals surface area contributed by atoms with Crippen LogP contribution >= 0.6 is 0 Å². The molecule has 1 aromatic heterocycles. The first kappa shape index (κ1) is 11.2. The fourth-order valence-corrected chi connectivity index (χ4v) is 3.24. The van der Waals surface area contributed by atoms with E-state index in [0.29, 0.717) is 12.1 Å². The van der Waals surface area contributed by atoms with Gasteiger partial charge in [-0.3, -0.25) is 4.90 Å². The Labute approximate surface area is 102 Å². The van der Waals surface area contributed by atoms with E-state index >= 15 is 0 Å². The summed E-state index contributed by atoms with van der Waals surface area (Å²) in [5.41, 5.74) is 1.08. The predicted octanol–water partition coefficient (Wildman–Crippen LogP) is 1.70. The highest BCUT2D eigenvalue weighted by Gasteiger charge is 2.33. The van der Waals surface area contributed by atoms with Crippen molar-refractivity contribution >= 4 is 0 Å². The minimum Gasteiger partial charge on any atom is -0.361 e. The van der Waals surface area contributed by atoms with Gasteiger partial charge in [0.05, 0.1) is 5.69 Å². The molecule has 2 atom stereocenters. The molecule has 0 aromatic carbocycles. The van der Waals surface area contributed by atoms with E-state index in [1.807, 2.05) is 6.92 Å². The largest absolute Gasteiger partial charge is 0.361 e. The van der Waals surface area contributed by atoms with Crippen LogP contribution < -0.4 is 5.32 Å². The standard InChI is InChI=1S/C13H21N3O/c1-10-8-11(15-17-10)9-16-7-3-5-13(16)12-4-2-6-14-12/h8,12-14H,2-7,9H2,1H3. The Kier molecular flexibility index (Phi) is 3.16. The van der Waals surface area contributed by atoms with E-state index in [2.05, 4.69) is 21.4 Å². The van der Waals surface area contributed by atoms with Crippen molar-refractivity contribution in [3.8, 4) is 0 Å². The molecule has 3 heterocycles. The Hall–Kier alpha value is -0.870. The molecule has 0 aliphatic carbocycles. The number of hydrogen-bond donors (Lipinski definition) is 1. The number of nitrogens with one attached hydrogen (secondary N) is 1. The second-order valence-electron chi connectivity index (χ2n) is 5.31. The van der Waals surface area contributed by atoms with Gasteiger partial charge in [0.2, 0.25) is 0 Å². The first-order valence-electron chi connectivity index (χ1n) is 6.72. The molecule has 2 aliphatic heterocycles. The summed E-state index contributed by atoms with van der Waals surface area (Å²) >= 11 is 0. The first-order valence-corrected chi connectivity index (χ1v) is 6.72. The lowest BCUT2D eigenvalue weighted by Gasteiger charge is -2.28. The van der Waals surface area contributed by atoms with Gasteiger partial charge in [-0.25, -0.2) is 0 Å². The van der Waals surface area contributed by atoms with Gasteiger partial charge in [-0.15, -0.1) is 0 Å². The summed E-state index contributed by atoms with van der Waals surface area (Å²) < 4.78 is 5.14. The smallest absolute Gasteiger partial charge is 0.133 e. The average molecular weight is 235 g/mol. The van der Waals surface area contributed by atoms with E-state index < -0.39 is 0 Å². The molecular formula is C13H21N3O. The van der Waals surface area contributed by atoms with Gasteiger partial charge in [-0.1, -0.05) is 5.16 Å². The van der Waals surface area contributed by atoms with Crippen LogP contribution in [0.25, 0.3) is 0 Å². The van der Waals surface area contributed by atoms with Crippen LogP contribution in [0, 0.1) is 6.92 Å². The van der Waals surface area contributed by atoms with Crippen LogP contribution in [0.5, 0.6) is 0 Å². The van der Waals surface area contributed by atoms with Gasteiger partial charge < -0.3 is 9.84 Å². The number of nitrogens with zero attached hydrogens (tertiary/aromatic N) is 2. The lowest BCUT2D eigenvalue weighted by Crippen LogP contribution is -2.43. The number of rotatable bonds is 3. The Bertz CT molecular complexity index is 370. The van der Waals surface area contributed by atoms with Crippen LogP contribution in [0.3, 0.4) is 0 Å². The van der Waals surface area contributed by atoms with Gasteiger partial charge in [0, 0.05) is 24.7 Å². The zero-order valence-electron chi connectivity index (χ0n) is 10.5. The van der Waals surface area contributed by atoms with Gasteiger partial charge in [0.15, 0.2) is 0 Å². The molecule has 0 radical (unpaired) electrons. The second-order valence-corrected chi connectivity index (χ2v) is 5.31. The molecule has 0 amide bonds. The molecule has 2 saturated heterocycles. The molecule has 0 bridgehead atoms. The zero-order valence-corrected chi connectivity index (χ0v) is 10.5. The van der Waals surface area contributed by atoms with E-state index in [9.17, 15) is 0 Å². The van der Waals surface area contributed by atoms with E-state index in [0.717, 1.165) is 18.0 Å². The molecule has 2 unspecified atom stereocenters. The molecule has 0 saturated carbocycles. The fraction of sp³-hybridized carbons (Fsp3) is 0.769. The van der Waals surface area contributed by atoms with Gasteiger partial charge in [0.1, 0.15) is 5.76 Å². The lowest BCUT2D eigenvalue weighted by atomic mass is 10.0. The first-order chi connectivity index (χ1) is 8.33. The van der Waals surface area contributed by atoms with Crippen LogP contribution in [0.4, 0.5) is 0 Å². The van der Waals surface area contributed by atoms with Crippen LogP contribution in [0.2, 0.25) is 0 Å². The number of aromatic nitrogens is 1. The Balaban J connectivity index is 1.65. The number of likely N-dealkylation sites (tertiary alicyclic amines) is 1. The van der Waals surface area contributed by atoms with Crippen LogP contribution in [-0.2, 0) is 6.54 Å². The maximum Gasteiger partial charge on any atom is 0.133 e. The average Bonchev–Trinajstić information content (AvgIpc) is 3.00. The van der Waals surface area contributed by atoms with E-state index in [4.69, 9.17) is 4.52 Å². The van der Waals surface area contributed by atoms with E-state index in [-0.39, 0.29) is 0 Å². The third kappa shape index (κ3) is 2.38. The quantitative estimate of drug-likeness (QED) is 0.866. The minimum atomic E-state index is 0.700. The van der Waals surface area contributed by atoms with Gasteiger partial charge in [-0.05, 0) is 45.7 Å². The second kappa shape index (κ2) is 4.78. The summed E-state index contributed by atoms with van der Waals surface area (Å²) in [6, 6.07) is 3.46. The van der Waals surface area contributed by atoms with Crippen molar-refractivity contribution < 1.29 is 4.52 Å². The Morgan fingerprint density at radius 1 is 1.47 bits per heavy atom. The van der Waals surface area contributed by atoms with Crippen molar-refractivity contribution in [3.05, 3.63) is 17.5 Å². The van der Waals surface area contributed by atoms with Crippen LogP contribution in [-0.4, -0.2) is 35.2 Å². The summed E-state index contributed by atoms with van der Waals surface area (Å²) in [5.74, 6) is 0.912. The molecule has 17 heavy (non-hydrogen) atoms. The van der Waals surface area contributed by atoms with Crippen LogP contribution in [0.15, 0.2) is 10.6 Å². The van der Waals surface area contributed by atoms with E-state index in [1.54, 1.807) is 0 Å². The van der Waals surface area contributed by atoms with Gasteiger partial charge >= 0.3 is 0 Å². The predicted molar refractivity (Wildman–Crippen MR) is 65.7 cm³/mol. The summed E-state index contributed by atoms with van der Waals surface area (Å²) in [7, 11) is 0. The Morgan fingerprint density at radius 3 is 3.12 bits per heavy atom. The minimum absolute atomic E-state index is 0.700. The van der Waals surface area contributed by atoms with Crippen molar-refractivity contribution in [1.29, 1.82) is 0 Å². The molecule has 4 heteroatoms. The maximum absolute atomic E-state index is 5.14. The van der Waals surface area contributed by atoms with Crippen molar-refractivity contribution in [2.45, 2.75) is 51.2 Å². The van der Waals surface area contributed by atoms with Crippen molar-refractivity contribution in [2.75, 3.05) is 13.1 Å². The molecule has 1 N–H and O–H groups in total. The number of aryl methyl sites for hydroxylation is 1. The SMILES string of the molecule is Cc1cc(CN2CCCC2C2CCCN2)no1. The van der Waals surface area contributed by atoms with Crippen molar-refractivity contribution in [1.82, 2.24) is 15.4 Å². The maximum atomic E-state index is 5.14. The highest BCUT2D eigenvalue weighted by atomic mass is 16.5. The van der Waals surface area contributed by atoms with Crippen molar-refractivity contribution in [2.24, 2.45) is 0 Å². The summed E-state index contributed by atoms with van der Waals surface area (Å²) in [6.07, 6.45) is 5.31. The molecular weight excluding hydrogens is 214 g/mol. The summed E-state index contributed by atoms with van der Waals surface area (Å²) in [5, 5.41) is 7.74.